The van der Waals surface area contributed by atoms with Crippen LogP contribution in [0.1, 0.15) is 45.4 Å². The maximum Gasteiger partial charge on any atom is 0.326 e. The van der Waals surface area contributed by atoms with E-state index in [4.69, 9.17) is 5.11 Å². The van der Waals surface area contributed by atoms with E-state index in [1.165, 1.54) is 17.7 Å². The Labute approximate surface area is 119 Å². The predicted octanol–water partition coefficient (Wildman–Crippen LogP) is 1.18. The monoisotopic (exact) mass is 284 g/mol. The molecule has 0 aromatic rings. The standard InChI is InChI=1S/C14H24N2O4/c1-9-5-3-2-4-6-11(9)15-14(20)16-8-10(17)7-12(16)13(18)19/h9-12,17H,2-8H2,1H3,(H,15,20)(H,18,19). The van der Waals surface area contributed by atoms with Crippen LogP contribution in [0.15, 0.2) is 0 Å². The lowest BCUT2D eigenvalue weighted by Crippen LogP contribution is -2.50. The summed E-state index contributed by atoms with van der Waals surface area (Å²) >= 11 is 0. The minimum absolute atomic E-state index is 0.101. The second-order valence-corrected chi connectivity index (χ2v) is 6.07. The summed E-state index contributed by atoms with van der Waals surface area (Å²) in [6.45, 7) is 2.23. The van der Waals surface area contributed by atoms with Gasteiger partial charge >= 0.3 is 12.0 Å². The Morgan fingerprint density at radius 3 is 2.60 bits per heavy atom. The highest BCUT2D eigenvalue weighted by molar-refractivity contribution is 5.83. The number of carboxylic acid groups (broad SMARTS) is 1. The zero-order valence-electron chi connectivity index (χ0n) is 11.9. The second kappa shape index (κ2) is 6.43. The van der Waals surface area contributed by atoms with Crippen molar-refractivity contribution in [2.45, 2.75) is 63.6 Å². The average Bonchev–Trinajstić information content (AvgIpc) is 2.68. The van der Waals surface area contributed by atoms with Crippen LogP contribution in [0.25, 0.3) is 0 Å². The molecular weight excluding hydrogens is 260 g/mol. The van der Waals surface area contributed by atoms with Gasteiger partial charge in [0.2, 0.25) is 0 Å². The molecule has 0 radical (unpaired) electrons. The number of β-amino-alcohol motifs (C(OH)–C–C–N with tert-alkyl or cyclic N) is 1. The molecule has 1 saturated heterocycles. The molecule has 0 aromatic carbocycles. The van der Waals surface area contributed by atoms with Gasteiger partial charge in [-0.05, 0) is 18.8 Å². The molecule has 2 fully saturated rings. The summed E-state index contributed by atoms with van der Waals surface area (Å²) in [5.41, 5.74) is 0. The molecule has 114 valence electrons. The van der Waals surface area contributed by atoms with Gasteiger partial charge in [-0.3, -0.25) is 0 Å². The van der Waals surface area contributed by atoms with E-state index in [0.717, 1.165) is 19.3 Å². The van der Waals surface area contributed by atoms with Crippen molar-refractivity contribution >= 4 is 12.0 Å². The molecule has 1 saturated carbocycles. The number of nitrogens with zero attached hydrogens (tertiary/aromatic N) is 1. The molecule has 2 amide bonds. The first kappa shape index (κ1) is 15.1. The summed E-state index contributed by atoms with van der Waals surface area (Å²) in [6, 6.07) is -1.16. The minimum atomic E-state index is -1.05. The summed E-state index contributed by atoms with van der Waals surface area (Å²) in [5, 5.41) is 21.7. The van der Waals surface area contributed by atoms with Gasteiger partial charge in [0.15, 0.2) is 0 Å². The van der Waals surface area contributed by atoms with Gasteiger partial charge in [-0.25, -0.2) is 9.59 Å². The molecule has 3 N–H and O–H groups in total. The average molecular weight is 284 g/mol. The molecule has 4 atom stereocenters. The third kappa shape index (κ3) is 3.42. The van der Waals surface area contributed by atoms with Crippen LogP contribution < -0.4 is 5.32 Å². The molecule has 20 heavy (non-hydrogen) atoms. The lowest BCUT2D eigenvalue weighted by atomic mass is 9.97. The van der Waals surface area contributed by atoms with Crippen molar-refractivity contribution in [3.05, 3.63) is 0 Å². The molecule has 1 heterocycles. The van der Waals surface area contributed by atoms with Crippen LogP contribution in [-0.2, 0) is 4.79 Å². The van der Waals surface area contributed by atoms with Gasteiger partial charge < -0.3 is 20.4 Å². The highest BCUT2D eigenvalue weighted by atomic mass is 16.4. The molecule has 1 aliphatic carbocycles. The van der Waals surface area contributed by atoms with Crippen LogP contribution >= 0.6 is 0 Å². The first-order valence-electron chi connectivity index (χ1n) is 7.47. The van der Waals surface area contributed by atoms with Gasteiger partial charge in [-0.1, -0.05) is 26.2 Å². The lowest BCUT2D eigenvalue weighted by Gasteiger charge is -2.28. The number of carboxylic acids is 1. The Hall–Kier alpha value is -1.30. The summed E-state index contributed by atoms with van der Waals surface area (Å²) < 4.78 is 0. The van der Waals surface area contributed by atoms with E-state index in [9.17, 15) is 14.7 Å². The zero-order chi connectivity index (χ0) is 14.7. The normalized spacial score (nSPS) is 34.6. The van der Waals surface area contributed by atoms with Crippen molar-refractivity contribution in [1.82, 2.24) is 10.2 Å². The molecule has 0 spiro atoms. The van der Waals surface area contributed by atoms with Crippen molar-refractivity contribution in [3.63, 3.8) is 0 Å². The van der Waals surface area contributed by atoms with Crippen molar-refractivity contribution in [2.24, 2.45) is 5.92 Å². The van der Waals surface area contributed by atoms with Gasteiger partial charge in [0.1, 0.15) is 6.04 Å². The fourth-order valence-electron chi connectivity index (χ4n) is 3.22. The van der Waals surface area contributed by atoms with Crippen LogP contribution in [-0.4, -0.2) is 51.8 Å². The van der Waals surface area contributed by atoms with Crippen molar-refractivity contribution < 1.29 is 19.8 Å². The van der Waals surface area contributed by atoms with E-state index in [1.54, 1.807) is 0 Å². The van der Waals surface area contributed by atoms with Crippen LogP contribution in [0.3, 0.4) is 0 Å². The number of hydrogen-bond donors (Lipinski definition) is 3. The Morgan fingerprint density at radius 1 is 1.20 bits per heavy atom. The number of hydrogen-bond acceptors (Lipinski definition) is 3. The largest absolute Gasteiger partial charge is 0.480 e. The quantitative estimate of drug-likeness (QED) is 0.664. The number of amides is 2. The molecule has 4 unspecified atom stereocenters. The van der Waals surface area contributed by atoms with E-state index in [0.29, 0.717) is 5.92 Å². The fourth-order valence-corrected chi connectivity index (χ4v) is 3.22. The highest BCUT2D eigenvalue weighted by Gasteiger charge is 2.39. The van der Waals surface area contributed by atoms with E-state index in [1.807, 2.05) is 0 Å². The van der Waals surface area contributed by atoms with Gasteiger partial charge in [-0.15, -0.1) is 0 Å². The Kier molecular flexibility index (Phi) is 4.86. The number of rotatable bonds is 2. The molecule has 6 heteroatoms. The molecule has 0 aromatic heterocycles. The van der Waals surface area contributed by atoms with Gasteiger partial charge in [0.25, 0.3) is 0 Å². The summed E-state index contributed by atoms with van der Waals surface area (Å²) in [5.74, 6) is -0.636. The highest BCUT2D eigenvalue weighted by Crippen LogP contribution is 2.24. The van der Waals surface area contributed by atoms with Crippen molar-refractivity contribution in [3.8, 4) is 0 Å². The summed E-state index contributed by atoms with van der Waals surface area (Å²) in [4.78, 5) is 24.7. The lowest BCUT2D eigenvalue weighted by molar-refractivity contribution is -0.141. The predicted molar refractivity (Wildman–Crippen MR) is 73.3 cm³/mol. The molecule has 1 aliphatic heterocycles. The van der Waals surface area contributed by atoms with E-state index < -0.39 is 18.1 Å². The summed E-state index contributed by atoms with van der Waals surface area (Å²) in [6.07, 6.45) is 4.89. The van der Waals surface area contributed by atoms with Crippen molar-refractivity contribution in [2.75, 3.05) is 6.54 Å². The minimum Gasteiger partial charge on any atom is -0.480 e. The maximum absolute atomic E-state index is 12.3. The van der Waals surface area contributed by atoms with E-state index in [-0.39, 0.29) is 25.0 Å². The smallest absolute Gasteiger partial charge is 0.326 e. The van der Waals surface area contributed by atoms with Crippen LogP contribution in [0, 0.1) is 5.92 Å². The first-order chi connectivity index (χ1) is 9.49. The van der Waals surface area contributed by atoms with Crippen LogP contribution in [0.4, 0.5) is 4.79 Å². The molecular formula is C14H24N2O4. The van der Waals surface area contributed by atoms with Gasteiger partial charge in [-0.2, -0.15) is 0 Å². The fraction of sp³-hybridized carbons (Fsp3) is 0.857. The number of urea groups is 1. The third-order valence-corrected chi connectivity index (χ3v) is 4.50. The zero-order valence-corrected chi connectivity index (χ0v) is 11.9. The number of likely N-dealkylation sites (tertiary alicyclic amines) is 1. The Bertz CT molecular complexity index is 374. The van der Waals surface area contributed by atoms with Crippen LogP contribution in [0.5, 0.6) is 0 Å². The number of nitrogens with one attached hydrogen (secondary N) is 1. The topological polar surface area (TPSA) is 89.9 Å². The molecule has 2 rings (SSSR count). The number of aliphatic hydroxyl groups is 1. The Morgan fingerprint density at radius 2 is 1.90 bits per heavy atom. The van der Waals surface area contributed by atoms with Gasteiger partial charge in [0.05, 0.1) is 6.10 Å². The molecule has 6 nitrogen and oxygen atoms in total. The number of aliphatic hydroxyl groups excluding tert-OH is 1. The SMILES string of the molecule is CC1CCCCCC1NC(=O)N1CC(O)CC1C(=O)O. The van der Waals surface area contributed by atoms with Gasteiger partial charge in [0, 0.05) is 19.0 Å². The maximum atomic E-state index is 12.3. The van der Waals surface area contributed by atoms with Crippen molar-refractivity contribution in [1.29, 1.82) is 0 Å². The Balaban J connectivity index is 1.97. The summed E-state index contributed by atoms with van der Waals surface area (Å²) in [7, 11) is 0. The second-order valence-electron chi connectivity index (χ2n) is 6.07. The van der Waals surface area contributed by atoms with E-state index >= 15 is 0 Å². The van der Waals surface area contributed by atoms with E-state index in [2.05, 4.69) is 12.2 Å². The molecule has 0 bridgehead atoms. The first-order valence-corrected chi connectivity index (χ1v) is 7.47. The van der Waals surface area contributed by atoms with Crippen LogP contribution in [0.2, 0.25) is 0 Å². The number of carbonyl (C=O) groups is 2. The number of carbonyl (C=O) groups excluding carboxylic acids is 1. The third-order valence-electron chi connectivity index (χ3n) is 4.50. The number of aliphatic carboxylic acids is 1. The molecule has 2 aliphatic rings.